The van der Waals surface area contributed by atoms with Crippen LogP contribution in [0.4, 0.5) is 9.18 Å². The maximum Gasteiger partial charge on any atom is 0.408 e. The quantitative estimate of drug-likeness (QED) is 0.697. The zero-order valence-corrected chi connectivity index (χ0v) is 17.1. The van der Waals surface area contributed by atoms with E-state index in [1.165, 1.54) is 27.7 Å². The highest BCUT2D eigenvalue weighted by atomic mass is 19.1. The van der Waals surface area contributed by atoms with E-state index in [-0.39, 0.29) is 11.4 Å². The van der Waals surface area contributed by atoms with E-state index < -0.39 is 23.5 Å². The molecule has 1 aromatic heterocycles. The van der Waals surface area contributed by atoms with E-state index in [0.29, 0.717) is 16.6 Å². The summed E-state index contributed by atoms with van der Waals surface area (Å²) >= 11 is 0. The lowest BCUT2D eigenvalue weighted by Crippen LogP contribution is -2.47. The highest BCUT2D eigenvalue weighted by Gasteiger charge is 2.34. The Morgan fingerprint density at radius 2 is 1.86 bits per heavy atom. The molecule has 29 heavy (non-hydrogen) atoms. The smallest absolute Gasteiger partial charge is 0.408 e. The van der Waals surface area contributed by atoms with Crippen molar-refractivity contribution in [3.8, 4) is 5.69 Å². The average Bonchev–Trinajstić information content (AvgIpc) is 2.59. The summed E-state index contributed by atoms with van der Waals surface area (Å²) in [5, 5.41) is 10.2. The molecule has 0 spiro atoms. The first-order valence-electron chi connectivity index (χ1n) is 9.33. The number of hydrogen-bond donors (Lipinski definition) is 1. The van der Waals surface area contributed by atoms with Gasteiger partial charge in [0.25, 0.3) is 5.56 Å². The minimum Gasteiger partial charge on any atom is -0.465 e. The molecule has 0 radical (unpaired) electrons. The summed E-state index contributed by atoms with van der Waals surface area (Å²) in [4.78, 5) is 31.4. The van der Waals surface area contributed by atoms with Gasteiger partial charge in [-0.05, 0) is 64.4 Å². The molecule has 0 saturated carbocycles. The van der Waals surface area contributed by atoms with E-state index in [2.05, 4.69) is 4.98 Å². The Labute approximate surface area is 168 Å². The molecule has 3 aromatic rings. The predicted octanol–water partition coefficient (Wildman–Crippen LogP) is 4.67. The third kappa shape index (κ3) is 3.72. The molecule has 1 atom stereocenters. The number of aromatic nitrogens is 2. The van der Waals surface area contributed by atoms with E-state index in [1.807, 2.05) is 13.0 Å². The van der Waals surface area contributed by atoms with E-state index in [0.717, 1.165) is 5.56 Å². The number of nitrogens with zero attached hydrogens (tertiary/aromatic N) is 3. The molecule has 1 heterocycles. The standard InChI is InChI=1S/C22H24FN3O3/c1-13-8-6-11-17-18(13)20(27)25(16-10-7-9-15(23)12-16)19(24-17)14(2)26(21(28)29)22(3,4)5/h6-12,14H,1-5H3,(H,28,29)/t14-/m0/s1. The molecule has 3 rings (SSSR count). The summed E-state index contributed by atoms with van der Waals surface area (Å²) in [7, 11) is 0. The third-order valence-electron chi connectivity index (χ3n) is 4.89. The number of hydrogen-bond acceptors (Lipinski definition) is 3. The molecule has 0 unspecified atom stereocenters. The van der Waals surface area contributed by atoms with E-state index >= 15 is 0 Å². The second-order valence-corrected chi connectivity index (χ2v) is 8.06. The molecule has 0 fully saturated rings. The zero-order chi connectivity index (χ0) is 21.5. The Balaban J connectivity index is 2.41. The number of aryl methyl sites for hydroxylation is 1. The van der Waals surface area contributed by atoms with Gasteiger partial charge in [0.15, 0.2) is 0 Å². The first-order valence-corrected chi connectivity index (χ1v) is 9.33. The topological polar surface area (TPSA) is 75.4 Å². The highest BCUT2D eigenvalue weighted by molar-refractivity contribution is 5.81. The van der Waals surface area contributed by atoms with Crippen molar-refractivity contribution < 1.29 is 14.3 Å². The third-order valence-corrected chi connectivity index (χ3v) is 4.89. The van der Waals surface area contributed by atoms with Crippen LogP contribution in [-0.2, 0) is 0 Å². The lowest BCUT2D eigenvalue weighted by Gasteiger charge is -2.38. The van der Waals surface area contributed by atoms with Crippen molar-refractivity contribution in [1.29, 1.82) is 0 Å². The van der Waals surface area contributed by atoms with E-state index in [1.54, 1.807) is 45.9 Å². The number of carboxylic acid groups (broad SMARTS) is 1. The summed E-state index contributed by atoms with van der Waals surface area (Å²) in [6.07, 6.45) is -1.13. The summed E-state index contributed by atoms with van der Waals surface area (Å²) in [6.45, 7) is 8.80. The molecule has 0 aliphatic rings. The number of rotatable bonds is 3. The first-order chi connectivity index (χ1) is 13.5. The molecular formula is C22H24FN3O3. The number of carbonyl (C=O) groups is 1. The molecule has 6 nitrogen and oxygen atoms in total. The van der Waals surface area contributed by atoms with Gasteiger partial charge in [-0.15, -0.1) is 0 Å². The molecule has 1 N–H and O–H groups in total. The van der Waals surface area contributed by atoms with Crippen LogP contribution in [-0.4, -0.2) is 31.2 Å². The molecule has 1 amide bonds. The van der Waals surface area contributed by atoms with Gasteiger partial charge in [-0.3, -0.25) is 14.3 Å². The van der Waals surface area contributed by atoms with Crippen LogP contribution in [0, 0.1) is 12.7 Å². The first kappa shape index (κ1) is 20.5. The van der Waals surface area contributed by atoms with Gasteiger partial charge in [-0.2, -0.15) is 0 Å². The van der Waals surface area contributed by atoms with Crippen LogP contribution in [0.5, 0.6) is 0 Å². The highest BCUT2D eigenvalue weighted by Crippen LogP contribution is 2.29. The van der Waals surface area contributed by atoms with Crippen molar-refractivity contribution in [2.75, 3.05) is 0 Å². The fourth-order valence-corrected chi connectivity index (χ4v) is 3.71. The summed E-state index contributed by atoms with van der Waals surface area (Å²) < 4.78 is 15.3. The molecule has 0 aliphatic heterocycles. The SMILES string of the molecule is Cc1cccc2nc([C@H](C)N(C(=O)O)C(C)(C)C)n(-c3cccc(F)c3)c(=O)c12. The molecule has 152 valence electrons. The van der Waals surface area contributed by atoms with Gasteiger partial charge in [0, 0.05) is 5.54 Å². The van der Waals surface area contributed by atoms with Crippen LogP contribution in [0.2, 0.25) is 0 Å². The van der Waals surface area contributed by atoms with Crippen LogP contribution >= 0.6 is 0 Å². The number of benzene rings is 2. The summed E-state index contributed by atoms with van der Waals surface area (Å²) in [6, 6.07) is 10.2. The Kier molecular flexibility index (Phi) is 5.17. The Bertz CT molecular complexity index is 1150. The van der Waals surface area contributed by atoms with Gasteiger partial charge in [0.05, 0.1) is 22.6 Å². The van der Waals surface area contributed by atoms with Gasteiger partial charge < -0.3 is 5.11 Å². The predicted molar refractivity (Wildman–Crippen MR) is 110 cm³/mol. The lowest BCUT2D eigenvalue weighted by atomic mass is 10.0. The Morgan fingerprint density at radius 3 is 2.45 bits per heavy atom. The van der Waals surface area contributed by atoms with Crippen molar-refractivity contribution in [1.82, 2.24) is 14.5 Å². The fourth-order valence-electron chi connectivity index (χ4n) is 3.71. The molecule has 2 aromatic carbocycles. The van der Waals surface area contributed by atoms with Crippen LogP contribution < -0.4 is 5.56 Å². The van der Waals surface area contributed by atoms with Crippen LogP contribution in [0.3, 0.4) is 0 Å². The second kappa shape index (κ2) is 7.31. The molecule has 0 bridgehead atoms. The van der Waals surface area contributed by atoms with Crippen LogP contribution in [0.25, 0.3) is 16.6 Å². The van der Waals surface area contributed by atoms with Gasteiger partial charge in [0.1, 0.15) is 11.6 Å². The molecule has 0 aliphatic carbocycles. The maximum atomic E-state index is 13.9. The van der Waals surface area contributed by atoms with E-state index in [4.69, 9.17) is 0 Å². The van der Waals surface area contributed by atoms with Gasteiger partial charge in [-0.1, -0.05) is 18.2 Å². The van der Waals surface area contributed by atoms with Crippen molar-refractivity contribution >= 4 is 17.0 Å². The van der Waals surface area contributed by atoms with Crippen molar-refractivity contribution in [3.05, 3.63) is 70.0 Å². The fraction of sp³-hybridized carbons (Fsp3) is 0.318. The number of fused-ring (bicyclic) bond motifs is 1. The monoisotopic (exact) mass is 397 g/mol. The van der Waals surface area contributed by atoms with Crippen LogP contribution in [0.15, 0.2) is 47.3 Å². The minimum absolute atomic E-state index is 0.232. The van der Waals surface area contributed by atoms with Gasteiger partial charge in [-0.25, -0.2) is 14.2 Å². The zero-order valence-electron chi connectivity index (χ0n) is 17.1. The minimum atomic E-state index is -1.13. The van der Waals surface area contributed by atoms with Crippen molar-refractivity contribution in [3.63, 3.8) is 0 Å². The van der Waals surface area contributed by atoms with Crippen molar-refractivity contribution in [2.24, 2.45) is 0 Å². The van der Waals surface area contributed by atoms with Crippen molar-refractivity contribution in [2.45, 2.75) is 46.2 Å². The van der Waals surface area contributed by atoms with Gasteiger partial charge >= 0.3 is 6.09 Å². The second-order valence-electron chi connectivity index (χ2n) is 8.06. The summed E-state index contributed by atoms with van der Waals surface area (Å²) in [5.74, 6) is -0.264. The summed E-state index contributed by atoms with van der Waals surface area (Å²) in [5.41, 5.74) is 0.421. The Morgan fingerprint density at radius 1 is 1.21 bits per heavy atom. The normalized spacial score (nSPS) is 12.8. The average molecular weight is 397 g/mol. The van der Waals surface area contributed by atoms with Gasteiger partial charge in [0.2, 0.25) is 0 Å². The molecule has 7 heteroatoms. The maximum absolute atomic E-state index is 13.9. The molecule has 0 saturated heterocycles. The molecular weight excluding hydrogens is 373 g/mol. The largest absolute Gasteiger partial charge is 0.465 e. The number of halogens is 1. The van der Waals surface area contributed by atoms with E-state index in [9.17, 15) is 19.1 Å². The number of amides is 1. The Hall–Kier alpha value is -3.22. The lowest BCUT2D eigenvalue weighted by molar-refractivity contribution is 0.0719. The van der Waals surface area contributed by atoms with Crippen LogP contribution in [0.1, 0.15) is 45.1 Å².